The lowest BCUT2D eigenvalue weighted by Gasteiger charge is -2.17. The van der Waals surface area contributed by atoms with E-state index in [2.05, 4.69) is 0 Å². The fraction of sp³-hybridized carbons (Fsp3) is 0.412. The molecule has 0 fully saturated rings. The first-order chi connectivity index (χ1) is 11.4. The molecule has 0 saturated carbocycles. The molecule has 0 radical (unpaired) electrons. The molecule has 7 heteroatoms. The molecule has 1 aromatic heterocycles. The SMILES string of the molecule is CCOCn1c(Oc2cc(C)cc(C)c2)c(CC)c(=O)n(O)c1=O. The fourth-order valence-electron chi connectivity index (χ4n) is 2.49. The van der Waals surface area contributed by atoms with Crippen LogP contribution in [0.3, 0.4) is 0 Å². The van der Waals surface area contributed by atoms with Gasteiger partial charge in [0.15, 0.2) is 0 Å². The Morgan fingerprint density at radius 2 is 1.71 bits per heavy atom. The molecule has 0 spiro atoms. The lowest BCUT2D eigenvalue weighted by atomic mass is 10.1. The van der Waals surface area contributed by atoms with Crippen molar-refractivity contribution >= 4 is 0 Å². The number of ether oxygens (including phenoxy) is 2. The molecule has 1 aromatic carbocycles. The van der Waals surface area contributed by atoms with E-state index in [0.29, 0.717) is 18.8 Å². The average Bonchev–Trinajstić information content (AvgIpc) is 2.52. The monoisotopic (exact) mass is 334 g/mol. The van der Waals surface area contributed by atoms with Crippen molar-refractivity contribution in [2.45, 2.75) is 40.8 Å². The molecule has 0 saturated heterocycles. The second-order valence-corrected chi connectivity index (χ2v) is 5.51. The summed E-state index contributed by atoms with van der Waals surface area (Å²) in [6.07, 6.45) is 0.298. The standard InChI is InChI=1S/C17H22N2O5/c1-5-14-15(20)19(22)17(21)18(10-23-6-2)16(14)24-13-8-11(3)7-12(4)9-13/h7-9,22H,5-6,10H2,1-4H3. The Morgan fingerprint density at radius 3 is 2.25 bits per heavy atom. The third kappa shape index (κ3) is 3.51. The van der Waals surface area contributed by atoms with Crippen molar-refractivity contribution in [2.75, 3.05) is 6.61 Å². The minimum absolute atomic E-state index is 0.0895. The predicted octanol–water partition coefficient (Wildman–Crippen LogP) is 2.21. The highest BCUT2D eigenvalue weighted by molar-refractivity contribution is 5.37. The van der Waals surface area contributed by atoms with Crippen molar-refractivity contribution in [3.05, 3.63) is 55.7 Å². The molecule has 0 amide bonds. The van der Waals surface area contributed by atoms with Crippen LogP contribution in [0.5, 0.6) is 11.6 Å². The topological polar surface area (TPSA) is 82.7 Å². The lowest BCUT2D eigenvalue weighted by molar-refractivity contribution is 0.0662. The van der Waals surface area contributed by atoms with E-state index in [-0.39, 0.29) is 22.9 Å². The lowest BCUT2D eigenvalue weighted by Crippen LogP contribution is -2.41. The van der Waals surface area contributed by atoms with E-state index in [1.807, 2.05) is 32.0 Å². The highest BCUT2D eigenvalue weighted by Gasteiger charge is 2.20. The molecule has 0 bridgehead atoms. The largest absolute Gasteiger partial charge is 0.440 e. The molecule has 0 aliphatic carbocycles. The van der Waals surface area contributed by atoms with Crippen molar-refractivity contribution in [1.29, 1.82) is 0 Å². The molecule has 1 heterocycles. The van der Waals surface area contributed by atoms with Gasteiger partial charge in [-0.2, -0.15) is 0 Å². The van der Waals surface area contributed by atoms with Gasteiger partial charge in [-0.05, 0) is 50.5 Å². The Hall–Kier alpha value is -2.54. The smallest absolute Gasteiger partial charge is 0.369 e. The molecular formula is C17H22N2O5. The maximum Gasteiger partial charge on any atom is 0.369 e. The Balaban J connectivity index is 2.65. The van der Waals surface area contributed by atoms with E-state index in [9.17, 15) is 14.8 Å². The molecule has 0 aliphatic heterocycles. The molecule has 0 atom stereocenters. The first kappa shape index (κ1) is 17.8. The summed E-state index contributed by atoms with van der Waals surface area (Å²) in [7, 11) is 0. The first-order valence-electron chi connectivity index (χ1n) is 7.80. The zero-order valence-electron chi connectivity index (χ0n) is 14.3. The van der Waals surface area contributed by atoms with Gasteiger partial charge >= 0.3 is 5.69 Å². The zero-order chi connectivity index (χ0) is 17.9. The molecule has 0 unspecified atom stereocenters. The van der Waals surface area contributed by atoms with Gasteiger partial charge in [-0.1, -0.05) is 17.7 Å². The van der Waals surface area contributed by atoms with Crippen LogP contribution in [0.1, 0.15) is 30.5 Å². The van der Waals surface area contributed by atoms with Crippen LogP contribution >= 0.6 is 0 Å². The predicted molar refractivity (Wildman–Crippen MR) is 89.1 cm³/mol. The third-order valence-corrected chi connectivity index (χ3v) is 3.55. The second kappa shape index (κ2) is 7.35. The van der Waals surface area contributed by atoms with Crippen molar-refractivity contribution in [3.63, 3.8) is 0 Å². The van der Waals surface area contributed by atoms with Crippen LogP contribution in [0.15, 0.2) is 27.8 Å². The maximum absolute atomic E-state index is 12.2. The summed E-state index contributed by atoms with van der Waals surface area (Å²) in [5, 5.41) is 9.74. The molecule has 1 N–H and O–H groups in total. The maximum atomic E-state index is 12.2. The van der Waals surface area contributed by atoms with Crippen LogP contribution in [0, 0.1) is 13.8 Å². The van der Waals surface area contributed by atoms with Gasteiger partial charge in [0.25, 0.3) is 5.56 Å². The summed E-state index contributed by atoms with van der Waals surface area (Å²) in [4.78, 5) is 24.4. The van der Waals surface area contributed by atoms with Crippen LogP contribution in [0.2, 0.25) is 0 Å². The Bertz CT molecular complexity index is 831. The van der Waals surface area contributed by atoms with Crippen LogP contribution in [-0.2, 0) is 17.9 Å². The molecule has 2 aromatic rings. The van der Waals surface area contributed by atoms with E-state index >= 15 is 0 Å². The number of aromatic nitrogens is 2. The van der Waals surface area contributed by atoms with E-state index in [1.54, 1.807) is 13.8 Å². The molecule has 24 heavy (non-hydrogen) atoms. The minimum atomic E-state index is -0.898. The number of benzene rings is 1. The van der Waals surface area contributed by atoms with Gasteiger partial charge in [0.2, 0.25) is 5.88 Å². The quantitative estimate of drug-likeness (QED) is 0.819. The number of nitrogens with zero attached hydrogens (tertiary/aromatic N) is 2. The number of hydrogen-bond donors (Lipinski definition) is 1. The molecule has 2 rings (SSSR count). The second-order valence-electron chi connectivity index (χ2n) is 5.51. The molecular weight excluding hydrogens is 312 g/mol. The van der Waals surface area contributed by atoms with E-state index in [0.717, 1.165) is 15.7 Å². The molecule has 130 valence electrons. The number of hydrogen-bond acceptors (Lipinski definition) is 5. The van der Waals surface area contributed by atoms with Gasteiger partial charge in [0, 0.05) is 6.61 Å². The van der Waals surface area contributed by atoms with Crippen LogP contribution < -0.4 is 16.0 Å². The van der Waals surface area contributed by atoms with Crippen LogP contribution in [0.4, 0.5) is 0 Å². The highest BCUT2D eigenvalue weighted by Crippen LogP contribution is 2.25. The van der Waals surface area contributed by atoms with Gasteiger partial charge in [-0.25, -0.2) is 9.36 Å². The summed E-state index contributed by atoms with van der Waals surface area (Å²) in [6, 6.07) is 5.62. The number of aryl methyl sites for hydroxylation is 2. The molecule has 0 aliphatic rings. The Morgan fingerprint density at radius 1 is 1.08 bits per heavy atom. The summed E-state index contributed by atoms with van der Waals surface area (Å²) >= 11 is 0. The number of rotatable bonds is 6. The van der Waals surface area contributed by atoms with E-state index in [4.69, 9.17) is 9.47 Å². The highest BCUT2D eigenvalue weighted by atomic mass is 16.5. The van der Waals surface area contributed by atoms with Crippen molar-refractivity contribution < 1.29 is 14.7 Å². The summed E-state index contributed by atoms with van der Waals surface area (Å²) in [6.45, 7) is 7.65. The fourth-order valence-corrected chi connectivity index (χ4v) is 2.49. The average molecular weight is 334 g/mol. The van der Waals surface area contributed by atoms with Crippen LogP contribution in [-0.4, -0.2) is 21.1 Å². The summed E-state index contributed by atoms with van der Waals surface area (Å²) < 4.78 is 12.3. The Labute approximate surface area is 139 Å². The normalized spacial score (nSPS) is 10.8. The minimum Gasteiger partial charge on any atom is -0.440 e. The Kier molecular flexibility index (Phi) is 5.46. The van der Waals surface area contributed by atoms with E-state index < -0.39 is 11.2 Å². The van der Waals surface area contributed by atoms with E-state index in [1.165, 1.54) is 0 Å². The van der Waals surface area contributed by atoms with Gasteiger partial charge in [0.05, 0.1) is 5.56 Å². The van der Waals surface area contributed by atoms with Gasteiger partial charge < -0.3 is 14.7 Å². The van der Waals surface area contributed by atoms with Gasteiger partial charge in [-0.3, -0.25) is 4.79 Å². The van der Waals surface area contributed by atoms with Gasteiger partial charge in [0.1, 0.15) is 12.5 Å². The van der Waals surface area contributed by atoms with Crippen molar-refractivity contribution in [2.24, 2.45) is 0 Å². The zero-order valence-corrected chi connectivity index (χ0v) is 14.3. The van der Waals surface area contributed by atoms with Crippen molar-refractivity contribution in [1.82, 2.24) is 9.30 Å². The summed E-state index contributed by atoms with van der Waals surface area (Å²) in [5.74, 6) is 0.609. The van der Waals surface area contributed by atoms with Gasteiger partial charge in [-0.15, -0.1) is 0 Å². The third-order valence-electron chi connectivity index (χ3n) is 3.55. The van der Waals surface area contributed by atoms with Crippen molar-refractivity contribution in [3.8, 4) is 11.6 Å². The summed E-state index contributed by atoms with van der Waals surface area (Å²) in [5.41, 5.74) is 0.519. The first-order valence-corrected chi connectivity index (χ1v) is 7.80. The molecule has 7 nitrogen and oxygen atoms in total. The van der Waals surface area contributed by atoms with Crippen LogP contribution in [0.25, 0.3) is 0 Å².